The Hall–Kier alpha value is -2.22. The molecule has 0 N–H and O–H groups in total. The number of piperidine rings is 2. The molecule has 2 amide bonds. The Balaban J connectivity index is 1.33. The average molecular weight is 444 g/mol. The Morgan fingerprint density at radius 1 is 1.12 bits per heavy atom. The maximum atomic E-state index is 13.1. The molecular formula is C24H37N5O3. The first-order valence-electron chi connectivity index (χ1n) is 12.1. The van der Waals surface area contributed by atoms with E-state index in [1.54, 1.807) is 0 Å². The smallest absolute Gasteiger partial charge is 0.410 e. The summed E-state index contributed by atoms with van der Waals surface area (Å²) in [6.45, 7) is 9.36. The summed E-state index contributed by atoms with van der Waals surface area (Å²) in [5.41, 5.74) is 1.83. The van der Waals surface area contributed by atoms with Crippen molar-refractivity contribution in [2.45, 2.75) is 83.4 Å². The van der Waals surface area contributed by atoms with Crippen molar-refractivity contribution in [2.24, 2.45) is 0 Å². The molecule has 3 aliphatic rings. The van der Waals surface area contributed by atoms with Gasteiger partial charge in [-0.1, -0.05) is 19.8 Å². The number of hydrogen-bond donors (Lipinski definition) is 0. The molecule has 1 atom stereocenters. The van der Waals surface area contributed by atoms with Crippen molar-refractivity contribution in [3.05, 3.63) is 23.3 Å². The number of carbonyl (C=O) groups is 2. The van der Waals surface area contributed by atoms with E-state index >= 15 is 0 Å². The van der Waals surface area contributed by atoms with Crippen molar-refractivity contribution in [1.82, 2.24) is 24.7 Å². The van der Waals surface area contributed by atoms with Crippen molar-refractivity contribution >= 4 is 12.0 Å². The lowest BCUT2D eigenvalue weighted by molar-refractivity contribution is -0.0375. The maximum absolute atomic E-state index is 13.1. The highest BCUT2D eigenvalue weighted by atomic mass is 16.6. The molecule has 0 bridgehead atoms. The SMILES string of the molecule is CCCCC1N(C)C(=O)OC12CCN(C1CCN(C(=O)c3c(C)ncnc3C)CC1)CC2. The number of nitrogens with zero attached hydrogens (tertiary/aromatic N) is 5. The Kier molecular flexibility index (Phi) is 6.70. The van der Waals surface area contributed by atoms with Gasteiger partial charge in [-0.05, 0) is 33.1 Å². The molecule has 1 unspecified atom stereocenters. The van der Waals surface area contributed by atoms with Gasteiger partial charge < -0.3 is 14.5 Å². The Morgan fingerprint density at radius 3 is 2.34 bits per heavy atom. The van der Waals surface area contributed by atoms with Crippen LogP contribution in [0.25, 0.3) is 0 Å². The molecule has 3 fully saturated rings. The Labute approximate surface area is 191 Å². The minimum atomic E-state index is -0.323. The van der Waals surface area contributed by atoms with Gasteiger partial charge in [-0.2, -0.15) is 0 Å². The second-order valence-electron chi connectivity index (χ2n) is 9.68. The van der Waals surface area contributed by atoms with Gasteiger partial charge in [0.15, 0.2) is 0 Å². The molecule has 4 rings (SSSR count). The molecular weight excluding hydrogens is 406 g/mol. The number of carbonyl (C=O) groups excluding carboxylic acids is 2. The van der Waals surface area contributed by atoms with Crippen molar-refractivity contribution in [3.63, 3.8) is 0 Å². The number of aromatic nitrogens is 2. The fourth-order valence-corrected chi connectivity index (χ4v) is 5.85. The molecule has 1 aromatic heterocycles. The van der Waals surface area contributed by atoms with E-state index in [9.17, 15) is 9.59 Å². The maximum Gasteiger partial charge on any atom is 0.410 e. The molecule has 32 heavy (non-hydrogen) atoms. The third-order valence-electron chi connectivity index (χ3n) is 7.84. The van der Waals surface area contributed by atoms with E-state index in [1.807, 2.05) is 30.7 Å². The van der Waals surface area contributed by atoms with Crippen LogP contribution in [-0.2, 0) is 4.74 Å². The summed E-state index contributed by atoms with van der Waals surface area (Å²) in [7, 11) is 1.89. The Morgan fingerprint density at radius 2 is 1.75 bits per heavy atom. The van der Waals surface area contributed by atoms with Gasteiger partial charge in [0, 0.05) is 52.1 Å². The van der Waals surface area contributed by atoms with E-state index in [4.69, 9.17) is 4.74 Å². The van der Waals surface area contributed by atoms with E-state index < -0.39 is 0 Å². The minimum Gasteiger partial charge on any atom is -0.440 e. The third kappa shape index (κ3) is 4.21. The van der Waals surface area contributed by atoms with Crippen LogP contribution in [0.4, 0.5) is 4.79 Å². The van der Waals surface area contributed by atoms with Crippen LogP contribution in [0.2, 0.25) is 0 Å². The summed E-state index contributed by atoms with van der Waals surface area (Å²) in [4.78, 5) is 40.1. The van der Waals surface area contributed by atoms with Crippen LogP contribution in [0.1, 0.15) is 73.6 Å². The monoisotopic (exact) mass is 443 g/mol. The number of likely N-dealkylation sites (N-methyl/N-ethyl adjacent to an activating group) is 1. The first kappa shape index (κ1) is 23.0. The molecule has 8 nitrogen and oxygen atoms in total. The highest BCUT2D eigenvalue weighted by molar-refractivity contribution is 5.96. The van der Waals surface area contributed by atoms with Crippen molar-refractivity contribution in [2.75, 3.05) is 33.2 Å². The first-order valence-corrected chi connectivity index (χ1v) is 12.1. The van der Waals surface area contributed by atoms with Crippen LogP contribution in [-0.4, -0.2) is 87.6 Å². The van der Waals surface area contributed by atoms with Gasteiger partial charge >= 0.3 is 6.09 Å². The molecule has 4 heterocycles. The second kappa shape index (κ2) is 9.33. The molecule has 1 spiro atoms. The van der Waals surface area contributed by atoms with Gasteiger partial charge in [0.25, 0.3) is 5.91 Å². The number of aryl methyl sites for hydroxylation is 2. The Bertz CT molecular complexity index is 824. The number of unbranched alkanes of at least 4 members (excludes halogenated alkanes) is 1. The fourth-order valence-electron chi connectivity index (χ4n) is 5.85. The van der Waals surface area contributed by atoms with Gasteiger partial charge in [-0.15, -0.1) is 0 Å². The van der Waals surface area contributed by atoms with Gasteiger partial charge in [0.2, 0.25) is 0 Å². The lowest BCUT2D eigenvalue weighted by Gasteiger charge is -2.46. The summed E-state index contributed by atoms with van der Waals surface area (Å²) in [6, 6.07) is 0.672. The summed E-state index contributed by atoms with van der Waals surface area (Å²) in [6.07, 6.45) is 8.37. The number of ether oxygens (including phenoxy) is 1. The number of amides is 2. The van der Waals surface area contributed by atoms with Crippen LogP contribution < -0.4 is 0 Å². The van der Waals surface area contributed by atoms with Gasteiger partial charge in [-0.3, -0.25) is 9.69 Å². The summed E-state index contributed by atoms with van der Waals surface area (Å²) in [5.74, 6) is 0.0521. The van der Waals surface area contributed by atoms with Crippen LogP contribution >= 0.6 is 0 Å². The molecule has 1 aromatic rings. The molecule has 3 aliphatic heterocycles. The quantitative estimate of drug-likeness (QED) is 0.696. The molecule has 8 heteroatoms. The van der Waals surface area contributed by atoms with Gasteiger partial charge in [-0.25, -0.2) is 14.8 Å². The summed E-state index contributed by atoms with van der Waals surface area (Å²) in [5, 5.41) is 0. The van der Waals surface area contributed by atoms with E-state index in [1.165, 1.54) is 6.33 Å². The minimum absolute atomic E-state index is 0.0521. The van der Waals surface area contributed by atoms with Crippen molar-refractivity contribution in [3.8, 4) is 0 Å². The van der Waals surface area contributed by atoms with Gasteiger partial charge in [0.1, 0.15) is 11.9 Å². The fraction of sp³-hybridized carbons (Fsp3) is 0.750. The highest BCUT2D eigenvalue weighted by Gasteiger charge is 2.53. The molecule has 176 valence electrons. The summed E-state index contributed by atoms with van der Waals surface area (Å²) >= 11 is 0. The van der Waals surface area contributed by atoms with Gasteiger partial charge in [0.05, 0.1) is 23.0 Å². The van der Waals surface area contributed by atoms with E-state index in [0.29, 0.717) is 11.6 Å². The molecule has 3 saturated heterocycles. The zero-order valence-electron chi connectivity index (χ0n) is 20.0. The van der Waals surface area contributed by atoms with Crippen molar-refractivity contribution in [1.29, 1.82) is 0 Å². The largest absolute Gasteiger partial charge is 0.440 e. The highest BCUT2D eigenvalue weighted by Crippen LogP contribution is 2.41. The number of likely N-dealkylation sites (tertiary alicyclic amines) is 2. The zero-order valence-corrected chi connectivity index (χ0v) is 20.0. The normalized spacial score (nSPS) is 24.2. The summed E-state index contributed by atoms with van der Waals surface area (Å²) < 4.78 is 5.96. The van der Waals surface area contributed by atoms with Crippen LogP contribution in [0.5, 0.6) is 0 Å². The third-order valence-corrected chi connectivity index (χ3v) is 7.84. The molecule has 0 aliphatic carbocycles. The average Bonchev–Trinajstić information content (AvgIpc) is 3.01. The number of rotatable bonds is 5. The molecule has 0 aromatic carbocycles. The van der Waals surface area contributed by atoms with Crippen LogP contribution in [0.3, 0.4) is 0 Å². The van der Waals surface area contributed by atoms with Crippen LogP contribution in [0.15, 0.2) is 6.33 Å². The number of hydrogen-bond acceptors (Lipinski definition) is 6. The van der Waals surface area contributed by atoms with E-state index in [2.05, 4.69) is 21.8 Å². The van der Waals surface area contributed by atoms with E-state index in [-0.39, 0.29) is 23.6 Å². The standard InChI is InChI=1S/C24H37N5O3/c1-5-6-7-20-24(32-23(31)27(20)4)10-14-28(15-11-24)19-8-12-29(13-9-19)22(30)21-17(2)25-16-26-18(21)3/h16,19-20H,5-15H2,1-4H3. The topological polar surface area (TPSA) is 78.9 Å². The molecule has 0 saturated carbocycles. The van der Waals surface area contributed by atoms with Crippen molar-refractivity contribution < 1.29 is 14.3 Å². The predicted octanol–water partition coefficient (Wildman–Crippen LogP) is 3.17. The second-order valence-corrected chi connectivity index (χ2v) is 9.68. The first-order chi connectivity index (χ1) is 15.4. The van der Waals surface area contributed by atoms with Crippen LogP contribution in [0, 0.1) is 13.8 Å². The lowest BCUT2D eigenvalue weighted by Crippen LogP contribution is -2.55. The van der Waals surface area contributed by atoms with E-state index in [0.717, 1.165) is 82.5 Å². The lowest BCUT2D eigenvalue weighted by atomic mass is 9.81. The molecule has 0 radical (unpaired) electrons. The predicted molar refractivity (Wildman–Crippen MR) is 122 cm³/mol. The zero-order chi connectivity index (χ0) is 22.9.